The van der Waals surface area contributed by atoms with Crippen molar-refractivity contribution in [3.63, 3.8) is 0 Å². The van der Waals surface area contributed by atoms with Crippen molar-refractivity contribution in [3.05, 3.63) is 53.1 Å². The highest BCUT2D eigenvalue weighted by Gasteiger charge is 2.22. The lowest BCUT2D eigenvalue weighted by molar-refractivity contribution is -0.125. The van der Waals surface area contributed by atoms with Crippen LogP contribution < -0.4 is 14.8 Å². The van der Waals surface area contributed by atoms with Gasteiger partial charge >= 0.3 is 5.97 Å². The molecule has 29 heavy (non-hydrogen) atoms. The molecule has 1 atom stereocenters. The molecule has 1 aliphatic heterocycles. The standard InChI is InChI=1S/C22H25NO6/c1-13(2)21(15-6-7-18-19(11-15)28-9-8-27-18)23-20(25)12-29-22(26)16-5-4-14(3)17(24)10-16/h4-7,10-11,13,21,24H,8-9,12H2,1-3H3,(H,23,25). The predicted molar refractivity (Wildman–Crippen MR) is 106 cm³/mol. The van der Waals surface area contributed by atoms with Crippen LogP contribution in [0, 0.1) is 12.8 Å². The Balaban J connectivity index is 1.62. The van der Waals surface area contributed by atoms with Gasteiger partial charge in [0.15, 0.2) is 18.1 Å². The third kappa shape index (κ3) is 4.99. The van der Waals surface area contributed by atoms with E-state index in [-0.39, 0.29) is 23.3 Å². The average molecular weight is 399 g/mol. The molecule has 0 radical (unpaired) electrons. The maximum atomic E-state index is 12.4. The van der Waals surface area contributed by atoms with Gasteiger partial charge in [-0.05, 0) is 48.2 Å². The zero-order valence-corrected chi connectivity index (χ0v) is 16.7. The fraction of sp³-hybridized carbons (Fsp3) is 0.364. The molecule has 0 saturated heterocycles. The maximum Gasteiger partial charge on any atom is 0.338 e. The van der Waals surface area contributed by atoms with Gasteiger partial charge in [0.05, 0.1) is 11.6 Å². The number of ether oxygens (including phenoxy) is 3. The molecule has 7 heteroatoms. The van der Waals surface area contributed by atoms with Gasteiger partial charge in [0.25, 0.3) is 5.91 Å². The Kier molecular flexibility index (Phi) is 6.26. The van der Waals surface area contributed by atoms with Crippen molar-refractivity contribution >= 4 is 11.9 Å². The van der Waals surface area contributed by atoms with Crippen LogP contribution in [0.4, 0.5) is 0 Å². The summed E-state index contributed by atoms with van der Waals surface area (Å²) in [6.07, 6.45) is 0. The molecule has 0 aliphatic carbocycles. The molecular formula is C22H25NO6. The molecule has 0 saturated carbocycles. The molecule has 0 aromatic heterocycles. The minimum atomic E-state index is -0.670. The summed E-state index contributed by atoms with van der Waals surface area (Å²) in [5.41, 5.74) is 1.72. The number of amides is 1. The third-order valence-corrected chi connectivity index (χ3v) is 4.69. The molecule has 1 unspecified atom stereocenters. The number of carbonyl (C=O) groups is 2. The summed E-state index contributed by atoms with van der Waals surface area (Å²) in [5.74, 6) is 0.358. The van der Waals surface area contributed by atoms with E-state index in [1.54, 1.807) is 19.1 Å². The predicted octanol–water partition coefficient (Wildman–Crippen LogP) is 3.14. The van der Waals surface area contributed by atoms with Crippen molar-refractivity contribution in [2.45, 2.75) is 26.8 Å². The number of fused-ring (bicyclic) bond motifs is 1. The summed E-state index contributed by atoms with van der Waals surface area (Å²) < 4.78 is 16.2. The second kappa shape index (κ2) is 8.86. The maximum absolute atomic E-state index is 12.4. The second-order valence-corrected chi connectivity index (χ2v) is 7.27. The highest BCUT2D eigenvalue weighted by atomic mass is 16.6. The largest absolute Gasteiger partial charge is 0.508 e. The number of hydrogen-bond acceptors (Lipinski definition) is 6. The fourth-order valence-electron chi connectivity index (χ4n) is 3.05. The summed E-state index contributed by atoms with van der Waals surface area (Å²) >= 11 is 0. The van der Waals surface area contributed by atoms with Gasteiger partial charge in [0, 0.05) is 0 Å². The molecule has 2 N–H and O–H groups in total. The van der Waals surface area contributed by atoms with Gasteiger partial charge in [-0.3, -0.25) is 4.79 Å². The SMILES string of the molecule is Cc1ccc(C(=O)OCC(=O)NC(c2ccc3c(c2)OCCO3)C(C)C)cc1O. The molecule has 1 amide bonds. The first kappa shape index (κ1) is 20.5. The summed E-state index contributed by atoms with van der Waals surface area (Å²) in [4.78, 5) is 24.5. The monoisotopic (exact) mass is 399 g/mol. The van der Waals surface area contributed by atoms with Crippen LogP contribution >= 0.6 is 0 Å². The van der Waals surface area contributed by atoms with E-state index in [9.17, 15) is 14.7 Å². The zero-order chi connectivity index (χ0) is 21.0. The number of phenols is 1. The molecule has 1 heterocycles. The highest BCUT2D eigenvalue weighted by Crippen LogP contribution is 2.34. The van der Waals surface area contributed by atoms with Crippen LogP contribution in [0.1, 0.15) is 41.4 Å². The smallest absolute Gasteiger partial charge is 0.338 e. The number of rotatable bonds is 6. The zero-order valence-electron chi connectivity index (χ0n) is 16.7. The van der Waals surface area contributed by atoms with Gasteiger partial charge in [0.2, 0.25) is 0 Å². The molecule has 0 fully saturated rings. The van der Waals surface area contributed by atoms with Crippen LogP contribution in [-0.2, 0) is 9.53 Å². The first-order valence-corrected chi connectivity index (χ1v) is 9.51. The summed E-state index contributed by atoms with van der Waals surface area (Å²) in [6.45, 7) is 6.29. The van der Waals surface area contributed by atoms with E-state index in [2.05, 4.69) is 5.32 Å². The lowest BCUT2D eigenvalue weighted by Gasteiger charge is -2.25. The molecular weight excluding hydrogens is 374 g/mol. The number of hydrogen-bond donors (Lipinski definition) is 2. The first-order valence-electron chi connectivity index (χ1n) is 9.51. The van der Waals surface area contributed by atoms with Crippen LogP contribution in [0.15, 0.2) is 36.4 Å². The Morgan fingerprint density at radius 1 is 1.10 bits per heavy atom. The molecule has 2 aromatic carbocycles. The van der Waals surface area contributed by atoms with Crippen LogP contribution in [0.5, 0.6) is 17.2 Å². The van der Waals surface area contributed by atoms with Gasteiger partial charge in [-0.25, -0.2) is 4.79 Å². The van der Waals surface area contributed by atoms with Crippen LogP contribution in [0.2, 0.25) is 0 Å². The van der Waals surface area contributed by atoms with E-state index in [1.165, 1.54) is 6.07 Å². The van der Waals surface area contributed by atoms with E-state index < -0.39 is 18.5 Å². The van der Waals surface area contributed by atoms with E-state index in [1.807, 2.05) is 32.0 Å². The van der Waals surface area contributed by atoms with Gasteiger partial charge in [-0.15, -0.1) is 0 Å². The molecule has 0 spiro atoms. The first-order chi connectivity index (χ1) is 13.8. The fourth-order valence-corrected chi connectivity index (χ4v) is 3.05. The van der Waals surface area contributed by atoms with Crippen LogP contribution in [0.3, 0.4) is 0 Å². The number of aryl methyl sites for hydroxylation is 1. The normalized spacial score (nSPS) is 13.7. The number of benzene rings is 2. The van der Waals surface area contributed by atoms with Gasteiger partial charge in [0.1, 0.15) is 19.0 Å². The van der Waals surface area contributed by atoms with E-state index in [0.717, 1.165) is 5.56 Å². The van der Waals surface area contributed by atoms with Crippen molar-refractivity contribution in [2.75, 3.05) is 19.8 Å². The Labute approximate surface area is 169 Å². The molecule has 154 valence electrons. The van der Waals surface area contributed by atoms with E-state index in [4.69, 9.17) is 14.2 Å². The van der Waals surface area contributed by atoms with Crippen molar-refractivity contribution in [1.82, 2.24) is 5.32 Å². The molecule has 1 aliphatic rings. The Bertz CT molecular complexity index is 908. The minimum Gasteiger partial charge on any atom is -0.508 e. The Hall–Kier alpha value is -3.22. The third-order valence-electron chi connectivity index (χ3n) is 4.69. The van der Waals surface area contributed by atoms with Gasteiger partial charge in [-0.1, -0.05) is 26.0 Å². The molecule has 2 aromatic rings. The van der Waals surface area contributed by atoms with Crippen molar-refractivity contribution < 1.29 is 28.9 Å². The summed E-state index contributed by atoms with van der Waals surface area (Å²) in [6, 6.07) is 9.78. The lowest BCUT2D eigenvalue weighted by Crippen LogP contribution is -2.35. The van der Waals surface area contributed by atoms with Gasteiger partial charge < -0.3 is 24.6 Å². The van der Waals surface area contributed by atoms with Crippen molar-refractivity contribution in [1.29, 1.82) is 0 Å². The highest BCUT2D eigenvalue weighted by molar-refractivity contribution is 5.91. The quantitative estimate of drug-likeness (QED) is 0.725. The second-order valence-electron chi connectivity index (χ2n) is 7.27. The topological polar surface area (TPSA) is 94.1 Å². The van der Waals surface area contributed by atoms with Gasteiger partial charge in [-0.2, -0.15) is 0 Å². The Morgan fingerprint density at radius 3 is 2.52 bits per heavy atom. The summed E-state index contributed by atoms with van der Waals surface area (Å²) in [5, 5.41) is 12.6. The minimum absolute atomic E-state index is 0.00221. The number of phenolic OH excluding ortho intramolecular Hbond substituents is 1. The number of carbonyl (C=O) groups excluding carboxylic acids is 2. The van der Waals surface area contributed by atoms with Crippen molar-refractivity contribution in [3.8, 4) is 17.2 Å². The van der Waals surface area contributed by atoms with Crippen LogP contribution in [-0.4, -0.2) is 36.8 Å². The number of esters is 1. The Morgan fingerprint density at radius 2 is 1.83 bits per heavy atom. The molecule has 3 rings (SSSR count). The molecule has 0 bridgehead atoms. The number of aromatic hydroxyl groups is 1. The molecule has 7 nitrogen and oxygen atoms in total. The summed E-state index contributed by atoms with van der Waals surface area (Å²) in [7, 11) is 0. The average Bonchev–Trinajstić information content (AvgIpc) is 2.71. The lowest BCUT2D eigenvalue weighted by atomic mass is 9.95. The van der Waals surface area contributed by atoms with Crippen molar-refractivity contribution in [2.24, 2.45) is 5.92 Å². The van der Waals surface area contributed by atoms with E-state index in [0.29, 0.717) is 30.3 Å². The van der Waals surface area contributed by atoms with E-state index >= 15 is 0 Å². The number of nitrogens with one attached hydrogen (secondary N) is 1. The van der Waals surface area contributed by atoms with Crippen LogP contribution in [0.25, 0.3) is 0 Å².